The van der Waals surface area contributed by atoms with E-state index in [1.165, 1.54) is 0 Å². The molecule has 2 amide bonds. The minimum atomic E-state index is -0.557. The summed E-state index contributed by atoms with van der Waals surface area (Å²) in [6, 6.07) is 12.4. The quantitative estimate of drug-likeness (QED) is 0.903. The van der Waals surface area contributed by atoms with E-state index in [0.717, 1.165) is 16.7 Å². The van der Waals surface area contributed by atoms with Gasteiger partial charge >= 0.3 is 0 Å². The predicted molar refractivity (Wildman–Crippen MR) is 78.3 cm³/mol. The van der Waals surface area contributed by atoms with Crippen molar-refractivity contribution in [2.24, 2.45) is 11.5 Å². The zero-order chi connectivity index (χ0) is 14.7. The molecule has 0 aliphatic carbocycles. The number of carbonyl (C=O) groups excluding carboxylic acids is 2. The molecule has 0 bridgehead atoms. The molecule has 0 aromatic heterocycles. The second kappa shape index (κ2) is 5.75. The fraction of sp³-hybridized carbons (Fsp3) is 0.0667. The molecule has 5 heteroatoms. The number of hydrogen-bond donors (Lipinski definition) is 2. The number of carbonyl (C=O) groups is 2. The fourth-order valence-electron chi connectivity index (χ4n) is 1.91. The lowest BCUT2D eigenvalue weighted by atomic mass is 10.0. The summed E-state index contributed by atoms with van der Waals surface area (Å²) in [5.74, 6) is -0.926. The molecule has 0 fully saturated rings. The summed E-state index contributed by atoms with van der Waals surface area (Å²) in [6.45, 7) is 0. The van der Waals surface area contributed by atoms with E-state index >= 15 is 0 Å². The summed E-state index contributed by atoms with van der Waals surface area (Å²) in [6.07, 6.45) is 0.210. The number of halogens is 1. The first-order valence-electron chi connectivity index (χ1n) is 5.94. The standard InChI is InChI=1S/C15H13ClN2O2/c16-13-8-11(5-6-12(13)15(18)20)10-3-1-9(2-4-10)7-14(17)19/h1-6,8H,7H2,(H2,17,19)(H2,18,20). The second-order valence-corrected chi connectivity index (χ2v) is 4.81. The summed E-state index contributed by atoms with van der Waals surface area (Å²) in [7, 11) is 0. The molecule has 0 atom stereocenters. The molecule has 0 saturated carbocycles. The van der Waals surface area contributed by atoms with E-state index in [9.17, 15) is 9.59 Å². The van der Waals surface area contributed by atoms with Crippen LogP contribution in [0.4, 0.5) is 0 Å². The molecule has 102 valence electrons. The van der Waals surface area contributed by atoms with Gasteiger partial charge in [0.15, 0.2) is 0 Å². The van der Waals surface area contributed by atoms with Crippen LogP contribution in [-0.2, 0) is 11.2 Å². The van der Waals surface area contributed by atoms with Crippen molar-refractivity contribution in [1.29, 1.82) is 0 Å². The van der Waals surface area contributed by atoms with Crippen LogP contribution in [0.15, 0.2) is 42.5 Å². The van der Waals surface area contributed by atoms with Gasteiger partial charge in [0.1, 0.15) is 0 Å². The number of nitrogens with two attached hydrogens (primary N) is 2. The minimum Gasteiger partial charge on any atom is -0.369 e. The van der Waals surface area contributed by atoms with Gasteiger partial charge in [0.2, 0.25) is 11.8 Å². The molecule has 0 spiro atoms. The first-order chi connectivity index (χ1) is 9.47. The molecule has 0 aliphatic rings. The Morgan fingerprint density at radius 3 is 2.05 bits per heavy atom. The Bertz CT molecular complexity index is 666. The van der Waals surface area contributed by atoms with E-state index in [-0.39, 0.29) is 12.3 Å². The normalized spacial score (nSPS) is 10.2. The first kappa shape index (κ1) is 14.1. The van der Waals surface area contributed by atoms with Crippen LogP contribution in [0.25, 0.3) is 11.1 Å². The zero-order valence-electron chi connectivity index (χ0n) is 10.6. The van der Waals surface area contributed by atoms with Gasteiger partial charge in [0.05, 0.1) is 17.0 Å². The lowest BCUT2D eigenvalue weighted by molar-refractivity contribution is -0.117. The van der Waals surface area contributed by atoms with E-state index in [0.29, 0.717) is 10.6 Å². The van der Waals surface area contributed by atoms with Crippen molar-refractivity contribution in [3.63, 3.8) is 0 Å². The van der Waals surface area contributed by atoms with Gasteiger partial charge in [-0.05, 0) is 28.8 Å². The molecule has 0 aliphatic heterocycles. The monoisotopic (exact) mass is 288 g/mol. The molecule has 0 radical (unpaired) electrons. The summed E-state index contributed by atoms with van der Waals surface area (Å²) in [4.78, 5) is 21.9. The zero-order valence-corrected chi connectivity index (χ0v) is 11.4. The molecule has 0 unspecified atom stereocenters. The van der Waals surface area contributed by atoms with Crippen molar-refractivity contribution >= 4 is 23.4 Å². The molecule has 0 heterocycles. The third kappa shape index (κ3) is 3.16. The van der Waals surface area contributed by atoms with Gasteiger partial charge in [0, 0.05) is 0 Å². The molecule has 2 aromatic rings. The van der Waals surface area contributed by atoms with E-state index in [4.69, 9.17) is 23.1 Å². The molecule has 20 heavy (non-hydrogen) atoms. The second-order valence-electron chi connectivity index (χ2n) is 4.40. The smallest absolute Gasteiger partial charge is 0.250 e. The Labute approximate surface area is 121 Å². The molecule has 4 N–H and O–H groups in total. The van der Waals surface area contributed by atoms with Gasteiger partial charge in [-0.2, -0.15) is 0 Å². The number of benzene rings is 2. The highest BCUT2D eigenvalue weighted by Gasteiger charge is 2.08. The van der Waals surface area contributed by atoms with Crippen LogP contribution in [-0.4, -0.2) is 11.8 Å². The van der Waals surface area contributed by atoms with Crippen molar-refractivity contribution in [2.75, 3.05) is 0 Å². The van der Waals surface area contributed by atoms with E-state index in [1.54, 1.807) is 18.2 Å². The number of primary amides is 2. The summed E-state index contributed by atoms with van der Waals surface area (Å²) < 4.78 is 0. The molecular weight excluding hydrogens is 276 g/mol. The van der Waals surface area contributed by atoms with Crippen molar-refractivity contribution in [1.82, 2.24) is 0 Å². The molecule has 4 nitrogen and oxygen atoms in total. The van der Waals surface area contributed by atoms with Crippen LogP contribution >= 0.6 is 11.6 Å². The molecule has 2 rings (SSSR count). The van der Waals surface area contributed by atoms with Gasteiger partial charge in [-0.25, -0.2) is 0 Å². The van der Waals surface area contributed by atoms with Gasteiger partial charge < -0.3 is 11.5 Å². The highest BCUT2D eigenvalue weighted by molar-refractivity contribution is 6.34. The fourth-order valence-corrected chi connectivity index (χ4v) is 2.18. The predicted octanol–water partition coefficient (Wildman–Crippen LogP) is 2.13. The van der Waals surface area contributed by atoms with Crippen molar-refractivity contribution in [3.8, 4) is 11.1 Å². The van der Waals surface area contributed by atoms with E-state index in [2.05, 4.69) is 0 Å². The van der Waals surface area contributed by atoms with Gasteiger partial charge in [-0.3, -0.25) is 9.59 Å². The summed E-state index contributed by atoms with van der Waals surface area (Å²) in [5, 5.41) is 0.316. The first-order valence-corrected chi connectivity index (χ1v) is 6.32. The van der Waals surface area contributed by atoms with Gasteiger partial charge in [-0.1, -0.05) is 41.9 Å². The Hall–Kier alpha value is -2.33. The van der Waals surface area contributed by atoms with E-state index in [1.807, 2.05) is 24.3 Å². The lowest BCUT2D eigenvalue weighted by Gasteiger charge is -2.06. The van der Waals surface area contributed by atoms with Crippen molar-refractivity contribution < 1.29 is 9.59 Å². The Balaban J connectivity index is 2.30. The number of hydrogen-bond acceptors (Lipinski definition) is 2. The van der Waals surface area contributed by atoms with Crippen LogP contribution in [0, 0.1) is 0 Å². The maximum absolute atomic E-state index is 11.1. The molecule has 2 aromatic carbocycles. The minimum absolute atomic E-state index is 0.210. The summed E-state index contributed by atoms with van der Waals surface area (Å²) >= 11 is 6.01. The third-order valence-corrected chi connectivity index (χ3v) is 3.21. The van der Waals surface area contributed by atoms with Crippen molar-refractivity contribution in [2.45, 2.75) is 6.42 Å². The van der Waals surface area contributed by atoms with Gasteiger partial charge in [-0.15, -0.1) is 0 Å². The highest BCUT2D eigenvalue weighted by atomic mass is 35.5. The van der Waals surface area contributed by atoms with Crippen LogP contribution < -0.4 is 11.5 Å². The topological polar surface area (TPSA) is 86.2 Å². The van der Waals surface area contributed by atoms with Gasteiger partial charge in [0.25, 0.3) is 0 Å². The number of amides is 2. The lowest BCUT2D eigenvalue weighted by Crippen LogP contribution is -2.13. The van der Waals surface area contributed by atoms with Crippen LogP contribution in [0.3, 0.4) is 0 Å². The van der Waals surface area contributed by atoms with E-state index < -0.39 is 5.91 Å². The van der Waals surface area contributed by atoms with Crippen molar-refractivity contribution in [3.05, 3.63) is 58.6 Å². The maximum Gasteiger partial charge on any atom is 0.250 e. The highest BCUT2D eigenvalue weighted by Crippen LogP contribution is 2.25. The third-order valence-electron chi connectivity index (χ3n) is 2.90. The maximum atomic E-state index is 11.1. The average Bonchev–Trinajstić information content (AvgIpc) is 2.38. The number of rotatable bonds is 4. The summed E-state index contributed by atoms with van der Waals surface area (Å²) in [5.41, 5.74) is 13.3. The van der Waals surface area contributed by atoms with Crippen LogP contribution in [0.5, 0.6) is 0 Å². The molecular formula is C15H13ClN2O2. The SMILES string of the molecule is NC(=O)Cc1ccc(-c2ccc(C(N)=O)c(Cl)c2)cc1. The average molecular weight is 289 g/mol. The Kier molecular flexibility index (Phi) is 4.05. The van der Waals surface area contributed by atoms with Crippen LogP contribution in [0.1, 0.15) is 15.9 Å². The molecule has 0 saturated heterocycles. The Morgan fingerprint density at radius 1 is 0.950 bits per heavy atom. The largest absolute Gasteiger partial charge is 0.369 e. The Morgan fingerprint density at radius 2 is 1.55 bits per heavy atom. The van der Waals surface area contributed by atoms with Crippen LogP contribution in [0.2, 0.25) is 5.02 Å².